The van der Waals surface area contributed by atoms with Crippen LogP contribution in [0.5, 0.6) is 0 Å². The van der Waals surface area contributed by atoms with E-state index in [9.17, 15) is 4.79 Å². The normalized spacial score (nSPS) is 18.2. The standard InChI is InChI=1S/C18H24N4O/c1-15-19-8-11-22(15)12-9-20-18(23)14-21-10-7-17(13-21)16-5-3-2-4-6-16/h2-6,8,11,17H,7,9-10,12-14H2,1H3,(H,20,23). The third-order valence-corrected chi connectivity index (χ3v) is 4.51. The van der Waals surface area contributed by atoms with Gasteiger partial charge in [-0.05, 0) is 31.4 Å². The first-order chi connectivity index (χ1) is 11.2. The van der Waals surface area contributed by atoms with Gasteiger partial charge in [0.1, 0.15) is 5.82 Å². The van der Waals surface area contributed by atoms with Crippen molar-refractivity contribution in [1.29, 1.82) is 0 Å². The first-order valence-corrected chi connectivity index (χ1v) is 8.24. The second-order valence-corrected chi connectivity index (χ2v) is 6.15. The summed E-state index contributed by atoms with van der Waals surface area (Å²) in [4.78, 5) is 18.5. The Labute approximate surface area is 137 Å². The fourth-order valence-electron chi connectivity index (χ4n) is 3.19. The Balaban J connectivity index is 1.40. The zero-order chi connectivity index (χ0) is 16.1. The van der Waals surface area contributed by atoms with Crippen molar-refractivity contribution in [1.82, 2.24) is 19.8 Å². The van der Waals surface area contributed by atoms with Crippen molar-refractivity contribution in [2.45, 2.75) is 25.8 Å². The zero-order valence-electron chi connectivity index (χ0n) is 13.6. The van der Waals surface area contributed by atoms with E-state index in [0.29, 0.717) is 19.0 Å². The summed E-state index contributed by atoms with van der Waals surface area (Å²) in [5, 5.41) is 3.00. The lowest BCUT2D eigenvalue weighted by atomic mass is 9.99. The Morgan fingerprint density at radius 1 is 1.35 bits per heavy atom. The van der Waals surface area contributed by atoms with E-state index in [1.807, 2.05) is 23.8 Å². The minimum absolute atomic E-state index is 0.108. The van der Waals surface area contributed by atoms with E-state index < -0.39 is 0 Å². The number of aromatic nitrogens is 2. The van der Waals surface area contributed by atoms with Gasteiger partial charge in [-0.25, -0.2) is 4.98 Å². The number of hydrogen-bond acceptors (Lipinski definition) is 3. The first kappa shape index (κ1) is 15.7. The van der Waals surface area contributed by atoms with E-state index in [2.05, 4.69) is 39.5 Å². The van der Waals surface area contributed by atoms with Crippen molar-refractivity contribution in [3.8, 4) is 0 Å². The molecule has 3 rings (SSSR count). The Bertz CT molecular complexity index is 637. The van der Waals surface area contributed by atoms with E-state index in [-0.39, 0.29) is 5.91 Å². The van der Waals surface area contributed by atoms with Crippen LogP contribution in [-0.2, 0) is 11.3 Å². The molecule has 1 amide bonds. The Kier molecular flexibility index (Phi) is 5.08. The maximum atomic E-state index is 12.1. The Morgan fingerprint density at radius 3 is 2.91 bits per heavy atom. The summed E-state index contributed by atoms with van der Waals surface area (Å²) in [5.74, 6) is 1.64. The summed E-state index contributed by atoms with van der Waals surface area (Å²) in [5.41, 5.74) is 1.38. The number of nitrogens with one attached hydrogen (secondary N) is 1. The number of aryl methyl sites for hydroxylation is 1. The van der Waals surface area contributed by atoms with E-state index in [1.165, 1.54) is 5.56 Å². The van der Waals surface area contributed by atoms with Crippen molar-refractivity contribution in [2.24, 2.45) is 0 Å². The van der Waals surface area contributed by atoms with Crippen LogP contribution < -0.4 is 5.32 Å². The van der Waals surface area contributed by atoms with Gasteiger partial charge in [-0.2, -0.15) is 0 Å². The predicted molar refractivity (Wildman–Crippen MR) is 90.2 cm³/mol. The number of imidazole rings is 1. The first-order valence-electron chi connectivity index (χ1n) is 8.24. The van der Waals surface area contributed by atoms with Gasteiger partial charge in [0.2, 0.25) is 5.91 Å². The summed E-state index contributed by atoms with van der Waals surface area (Å²) in [6.45, 7) is 5.84. The average molecular weight is 312 g/mol. The number of hydrogen-bond donors (Lipinski definition) is 1. The molecular formula is C18H24N4O. The van der Waals surface area contributed by atoms with E-state index in [4.69, 9.17) is 0 Å². The number of likely N-dealkylation sites (tertiary alicyclic amines) is 1. The lowest BCUT2D eigenvalue weighted by Crippen LogP contribution is -2.37. The fourth-order valence-corrected chi connectivity index (χ4v) is 3.19. The number of carbonyl (C=O) groups is 1. The number of carbonyl (C=O) groups excluding carboxylic acids is 1. The summed E-state index contributed by atoms with van der Waals surface area (Å²) < 4.78 is 2.04. The highest BCUT2D eigenvalue weighted by molar-refractivity contribution is 5.78. The van der Waals surface area contributed by atoms with Crippen LogP contribution in [0.15, 0.2) is 42.7 Å². The maximum Gasteiger partial charge on any atom is 0.234 e. The maximum absolute atomic E-state index is 12.1. The van der Waals surface area contributed by atoms with Gasteiger partial charge in [-0.1, -0.05) is 30.3 Å². The van der Waals surface area contributed by atoms with Gasteiger partial charge >= 0.3 is 0 Å². The van der Waals surface area contributed by atoms with Crippen LogP contribution in [0, 0.1) is 6.92 Å². The lowest BCUT2D eigenvalue weighted by molar-refractivity contribution is -0.122. The van der Waals surface area contributed by atoms with Gasteiger partial charge in [0.15, 0.2) is 0 Å². The molecule has 23 heavy (non-hydrogen) atoms. The molecule has 122 valence electrons. The van der Waals surface area contributed by atoms with Crippen LogP contribution >= 0.6 is 0 Å². The molecule has 5 heteroatoms. The van der Waals surface area contributed by atoms with Crippen molar-refractivity contribution < 1.29 is 4.79 Å². The highest BCUT2D eigenvalue weighted by Gasteiger charge is 2.24. The van der Waals surface area contributed by atoms with Crippen LogP contribution in [-0.4, -0.2) is 46.5 Å². The SMILES string of the molecule is Cc1nccn1CCNC(=O)CN1CCC(c2ccccc2)C1. The minimum atomic E-state index is 0.108. The predicted octanol–water partition coefficient (Wildman–Crippen LogP) is 1.80. The third-order valence-electron chi connectivity index (χ3n) is 4.51. The monoisotopic (exact) mass is 312 g/mol. The summed E-state index contributed by atoms with van der Waals surface area (Å²) in [7, 11) is 0. The topological polar surface area (TPSA) is 50.2 Å². The molecule has 0 aliphatic carbocycles. The van der Waals surface area contributed by atoms with Crippen molar-refractivity contribution in [2.75, 3.05) is 26.2 Å². The number of amides is 1. The van der Waals surface area contributed by atoms with Gasteiger partial charge in [0.05, 0.1) is 6.54 Å². The molecule has 0 saturated carbocycles. The zero-order valence-corrected chi connectivity index (χ0v) is 13.6. The molecule has 5 nitrogen and oxygen atoms in total. The molecule has 1 aromatic carbocycles. The van der Waals surface area contributed by atoms with Gasteiger partial charge in [0, 0.05) is 32.0 Å². The molecular weight excluding hydrogens is 288 g/mol. The molecule has 1 atom stereocenters. The molecule has 0 bridgehead atoms. The van der Waals surface area contributed by atoms with Gasteiger partial charge < -0.3 is 9.88 Å². The molecule has 2 aromatic rings. The molecule has 1 N–H and O–H groups in total. The average Bonchev–Trinajstić information content (AvgIpc) is 3.18. The molecule has 0 radical (unpaired) electrons. The van der Waals surface area contributed by atoms with E-state index >= 15 is 0 Å². The quantitative estimate of drug-likeness (QED) is 0.885. The molecule has 1 fully saturated rings. The molecule has 1 aliphatic rings. The highest BCUT2D eigenvalue weighted by atomic mass is 16.2. The molecule has 2 heterocycles. The fraction of sp³-hybridized carbons (Fsp3) is 0.444. The third kappa shape index (κ3) is 4.20. The number of benzene rings is 1. The lowest BCUT2D eigenvalue weighted by Gasteiger charge is -2.16. The van der Waals surface area contributed by atoms with Crippen LogP contribution in [0.3, 0.4) is 0 Å². The van der Waals surface area contributed by atoms with Crippen molar-refractivity contribution >= 4 is 5.91 Å². The largest absolute Gasteiger partial charge is 0.353 e. The minimum Gasteiger partial charge on any atom is -0.353 e. The molecule has 0 spiro atoms. The summed E-state index contributed by atoms with van der Waals surface area (Å²) in [6.07, 6.45) is 4.85. The van der Waals surface area contributed by atoms with E-state index in [0.717, 1.165) is 31.9 Å². The van der Waals surface area contributed by atoms with Crippen LogP contribution in [0.1, 0.15) is 23.7 Å². The second-order valence-electron chi connectivity index (χ2n) is 6.15. The van der Waals surface area contributed by atoms with Gasteiger partial charge in [0.25, 0.3) is 0 Å². The second kappa shape index (κ2) is 7.42. The van der Waals surface area contributed by atoms with Gasteiger partial charge in [-0.15, -0.1) is 0 Å². The van der Waals surface area contributed by atoms with E-state index in [1.54, 1.807) is 6.20 Å². The molecule has 1 aromatic heterocycles. The number of nitrogens with zero attached hydrogens (tertiary/aromatic N) is 3. The van der Waals surface area contributed by atoms with Crippen LogP contribution in [0.25, 0.3) is 0 Å². The van der Waals surface area contributed by atoms with Crippen molar-refractivity contribution in [3.05, 3.63) is 54.1 Å². The Morgan fingerprint density at radius 2 is 2.17 bits per heavy atom. The van der Waals surface area contributed by atoms with Crippen LogP contribution in [0.4, 0.5) is 0 Å². The Hall–Kier alpha value is -2.14. The molecule has 1 unspecified atom stereocenters. The van der Waals surface area contributed by atoms with Crippen LogP contribution in [0.2, 0.25) is 0 Å². The molecule has 1 saturated heterocycles. The summed E-state index contributed by atoms with van der Waals surface area (Å²) in [6, 6.07) is 10.6. The summed E-state index contributed by atoms with van der Waals surface area (Å²) >= 11 is 0. The number of rotatable bonds is 6. The smallest absolute Gasteiger partial charge is 0.234 e. The highest BCUT2D eigenvalue weighted by Crippen LogP contribution is 2.26. The van der Waals surface area contributed by atoms with Crippen molar-refractivity contribution in [3.63, 3.8) is 0 Å². The van der Waals surface area contributed by atoms with Gasteiger partial charge in [-0.3, -0.25) is 9.69 Å². The molecule has 1 aliphatic heterocycles.